The molecule has 78 valence electrons. The van der Waals surface area contributed by atoms with E-state index in [1.807, 2.05) is 20.8 Å². The Morgan fingerprint density at radius 2 is 1.71 bits per heavy atom. The van der Waals surface area contributed by atoms with Crippen molar-refractivity contribution in [2.45, 2.75) is 34.1 Å². The van der Waals surface area contributed by atoms with Crippen molar-refractivity contribution in [3.8, 4) is 0 Å². The molecular formula is C11H17NO2. The standard InChI is InChI=1S/C11H17NO2/c1-7-8(11(2,3)4)6-9(13)12(5)10(7)14/h6H2,1-5H3. The van der Waals surface area contributed by atoms with Gasteiger partial charge in [0.05, 0.1) is 0 Å². The van der Waals surface area contributed by atoms with Crippen LogP contribution in [0.3, 0.4) is 0 Å². The lowest BCUT2D eigenvalue weighted by Gasteiger charge is -2.31. The first-order valence-electron chi connectivity index (χ1n) is 4.76. The third-order valence-electron chi connectivity index (χ3n) is 2.69. The fourth-order valence-corrected chi connectivity index (χ4v) is 1.72. The average Bonchev–Trinajstić information content (AvgIpc) is 2.06. The van der Waals surface area contributed by atoms with E-state index in [0.717, 1.165) is 11.1 Å². The Morgan fingerprint density at radius 1 is 1.21 bits per heavy atom. The molecule has 2 amide bonds. The summed E-state index contributed by atoms with van der Waals surface area (Å²) in [5, 5.41) is 0. The van der Waals surface area contributed by atoms with Crippen molar-refractivity contribution in [3.63, 3.8) is 0 Å². The van der Waals surface area contributed by atoms with Gasteiger partial charge >= 0.3 is 0 Å². The molecule has 0 spiro atoms. The largest absolute Gasteiger partial charge is 0.282 e. The van der Waals surface area contributed by atoms with Crippen LogP contribution in [-0.2, 0) is 9.59 Å². The molecule has 1 aliphatic heterocycles. The summed E-state index contributed by atoms with van der Waals surface area (Å²) in [6.07, 6.45) is 0.373. The fourth-order valence-electron chi connectivity index (χ4n) is 1.72. The lowest BCUT2D eigenvalue weighted by molar-refractivity contribution is -0.141. The first-order valence-corrected chi connectivity index (χ1v) is 4.76. The second-order valence-corrected chi connectivity index (χ2v) is 4.79. The molecule has 3 nitrogen and oxygen atoms in total. The van der Waals surface area contributed by atoms with E-state index in [0.29, 0.717) is 6.42 Å². The molecule has 0 bridgehead atoms. The minimum Gasteiger partial charge on any atom is -0.282 e. The molecule has 0 aromatic rings. The minimum absolute atomic E-state index is 0.101. The average molecular weight is 195 g/mol. The van der Waals surface area contributed by atoms with Gasteiger partial charge in [-0.2, -0.15) is 0 Å². The van der Waals surface area contributed by atoms with Crippen molar-refractivity contribution < 1.29 is 9.59 Å². The van der Waals surface area contributed by atoms with Gasteiger partial charge in [-0.15, -0.1) is 0 Å². The number of likely N-dealkylation sites (N-methyl/N-ethyl adjacent to an activating group) is 1. The second-order valence-electron chi connectivity index (χ2n) is 4.79. The Hall–Kier alpha value is -1.12. The Morgan fingerprint density at radius 3 is 2.14 bits per heavy atom. The van der Waals surface area contributed by atoms with Gasteiger partial charge in [-0.3, -0.25) is 14.5 Å². The summed E-state index contributed by atoms with van der Waals surface area (Å²) in [5.74, 6) is -0.267. The van der Waals surface area contributed by atoms with Gasteiger partial charge in [0.15, 0.2) is 0 Å². The molecule has 3 heteroatoms. The molecule has 0 saturated carbocycles. The number of hydrogen-bond acceptors (Lipinski definition) is 2. The summed E-state index contributed by atoms with van der Waals surface area (Å²) >= 11 is 0. The third-order valence-corrected chi connectivity index (χ3v) is 2.69. The van der Waals surface area contributed by atoms with Gasteiger partial charge in [0.25, 0.3) is 5.91 Å². The summed E-state index contributed by atoms with van der Waals surface area (Å²) in [4.78, 5) is 24.3. The van der Waals surface area contributed by atoms with Crippen LogP contribution in [-0.4, -0.2) is 23.8 Å². The van der Waals surface area contributed by atoms with E-state index in [4.69, 9.17) is 0 Å². The van der Waals surface area contributed by atoms with Crippen LogP contribution < -0.4 is 0 Å². The number of nitrogens with zero attached hydrogens (tertiary/aromatic N) is 1. The highest BCUT2D eigenvalue weighted by Crippen LogP contribution is 2.34. The van der Waals surface area contributed by atoms with Crippen LogP contribution >= 0.6 is 0 Å². The van der Waals surface area contributed by atoms with Crippen LogP contribution in [0.2, 0.25) is 0 Å². The molecule has 0 fully saturated rings. The quantitative estimate of drug-likeness (QED) is 0.552. The maximum absolute atomic E-state index is 11.6. The monoisotopic (exact) mass is 195 g/mol. The van der Waals surface area contributed by atoms with Crippen LogP contribution in [0.1, 0.15) is 34.1 Å². The molecule has 0 radical (unpaired) electrons. The first kappa shape index (κ1) is 11.0. The van der Waals surface area contributed by atoms with Crippen molar-refractivity contribution >= 4 is 11.8 Å². The van der Waals surface area contributed by atoms with Crippen LogP contribution in [0.4, 0.5) is 0 Å². The van der Waals surface area contributed by atoms with Gasteiger partial charge < -0.3 is 0 Å². The molecule has 0 N–H and O–H groups in total. The summed E-state index contributed by atoms with van der Waals surface area (Å²) in [6.45, 7) is 7.87. The smallest absolute Gasteiger partial charge is 0.255 e. The number of hydrogen-bond donors (Lipinski definition) is 0. The molecule has 0 aliphatic carbocycles. The van der Waals surface area contributed by atoms with Crippen molar-refractivity contribution in [1.82, 2.24) is 4.90 Å². The van der Waals surface area contributed by atoms with Crippen molar-refractivity contribution in [1.29, 1.82) is 0 Å². The van der Waals surface area contributed by atoms with Gasteiger partial charge in [-0.25, -0.2) is 0 Å². The Balaban J connectivity index is 3.19. The van der Waals surface area contributed by atoms with Gasteiger partial charge in [-0.05, 0) is 17.9 Å². The topological polar surface area (TPSA) is 37.4 Å². The zero-order valence-corrected chi connectivity index (χ0v) is 9.47. The Labute approximate surface area is 84.8 Å². The zero-order chi connectivity index (χ0) is 11.1. The van der Waals surface area contributed by atoms with Gasteiger partial charge in [0.1, 0.15) is 0 Å². The number of imide groups is 1. The van der Waals surface area contributed by atoms with Gasteiger partial charge in [0.2, 0.25) is 5.91 Å². The molecule has 0 saturated heterocycles. The van der Waals surface area contributed by atoms with E-state index in [2.05, 4.69) is 0 Å². The Bertz CT molecular complexity index is 321. The lowest BCUT2D eigenvalue weighted by Crippen LogP contribution is -2.40. The van der Waals surface area contributed by atoms with Crippen LogP contribution in [0.5, 0.6) is 0 Å². The number of carbonyl (C=O) groups is 2. The molecule has 0 aromatic carbocycles. The molecule has 1 rings (SSSR count). The lowest BCUT2D eigenvalue weighted by atomic mass is 9.79. The summed E-state index contributed by atoms with van der Waals surface area (Å²) in [5.41, 5.74) is 1.58. The van der Waals surface area contributed by atoms with E-state index in [1.165, 1.54) is 11.9 Å². The molecule has 14 heavy (non-hydrogen) atoms. The van der Waals surface area contributed by atoms with Crippen LogP contribution in [0, 0.1) is 5.41 Å². The molecule has 1 heterocycles. The van der Waals surface area contributed by atoms with Gasteiger partial charge in [-0.1, -0.05) is 20.8 Å². The summed E-state index contributed by atoms with van der Waals surface area (Å²) in [6, 6.07) is 0. The van der Waals surface area contributed by atoms with E-state index >= 15 is 0 Å². The molecule has 0 unspecified atom stereocenters. The van der Waals surface area contributed by atoms with Crippen LogP contribution in [0.25, 0.3) is 0 Å². The number of amides is 2. The molecule has 0 atom stereocenters. The predicted octanol–water partition coefficient (Wildman–Crippen LogP) is 1.74. The normalized spacial score (nSPS) is 19.4. The predicted molar refractivity (Wildman–Crippen MR) is 54.5 cm³/mol. The Kier molecular flexibility index (Phi) is 2.52. The highest BCUT2D eigenvalue weighted by Gasteiger charge is 2.32. The SMILES string of the molecule is CC1=C(C(C)(C)C)CC(=O)N(C)C1=O. The van der Waals surface area contributed by atoms with E-state index in [9.17, 15) is 9.59 Å². The third kappa shape index (κ3) is 1.72. The maximum Gasteiger partial charge on any atom is 0.255 e. The zero-order valence-electron chi connectivity index (χ0n) is 9.47. The molecule has 1 aliphatic rings. The van der Waals surface area contributed by atoms with Crippen LogP contribution in [0.15, 0.2) is 11.1 Å². The second kappa shape index (κ2) is 3.23. The highest BCUT2D eigenvalue weighted by molar-refractivity contribution is 6.08. The minimum atomic E-state index is -0.161. The highest BCUT2D eigenvalue weighted by atomic mass is 16.2. The summed E-state index contributed by atoms with van der Waals surface area (Å²) < 4.78 is 0. The van der Waals surface area contributed by atoms with Crippen molar-refractivity contribution in [2.75, 3.05) is 7.05 Å². The summed E-state index contributed by atoms with van der Waals surface area (Å²) in [7, 11) is 1.54. The molecule has 0 aromatic heterocycles. The van der Waals surface area contributed by atoms with E-state index < -0.39 is 0 Å². The van der Waals surface area contributed by atoms with E-state index in [1.54, 1.807) is 6.92 Å². The van der Waals surface area contributed by atoms with Gasteiger partial charge in [0, 0.05) is 19.0 Å². The van der Waals surface area contributed by atoms with Crippen molar-refractivity contribution in [3.05, 3.63) is 11.1 Å². The maximum atomic E-state index is 11.6. The fraction of sp³-hybridized carbons (Fsp3) is 0.636. The molecular weight excluding hydrogens is 178 g/mol. The number of rotatable bonds is 0. The first-order chi connectivity index (χ1) is 6.25. The van der Waals surface area contributed by atoms with E-state index in [-0.39, 0.29) is 17.2 Å². The van der Waals surface area contributed by atoms with Crippen molar-refractivity contribution in [2.24, 2.45) is 5.41 Å². The number of carbonyl (C=O) groups excluding carboxylic acids is 2.